The lowest BCUT2D eigenvalue weighted by molar-refractivity contribution is -0.459. The SMILES string of the molecule is NC(N)=[NH+]CCCC(NC(=O)[C@@H]1CS[C@H]2CC[C@@H](Cc3ccccc3)C(=O)N21)C(=O)c1nc2ccccc2s1. The lowest BCUT2D eigenvalue weighted by Crippen LogP contribution is -2.78. The molecule has 2 aliphatic heterocycles. The standard InChI is InChI=1S/C28H32N6O3S2/c29-28(30)31-14-6-10-20(24(35)26-33-19-9-4-5-11-22(19)39-26)32-25(36)21-16-38-23-13-12-18(27(37)34(21)23)15-17-7-2-1-3-8-17/h1-5,7-9,11,18,20-21,23H,6,10,12-16H2,(H,32,36)(H4,29,30,31)/p+1/t18-,20?,21-,23-/m0/s1. The molecule has 11 heteroatoms. The van der Waals surface area contributed by atoms with E-state index >= 15 is 0 Å². The van der Waals surface area contributed by atoms with E-state index in [1.54, 1.807) is 16.7 Å². The number of guanidine groups is 1. The van der Waals surface area contributed by atoms with Crippen LogP contribution in [0.15, 0.2) is 54.6 Å². The van der Waals surface area contributed by atoms with E-state index in [-0.39, 0.29) is 34.8 Å². The number of benzene rings is 2. The maximum absolute atomic E-state index is 13.6. The Hall–Kier alpha value is -3.44. The van der Waals surface area contributed by atoms with Crippen LogP contribution in [0.1, 0.15) is 41.0 Å². The number of rotatable bonds is 10. The lowest BCUT2D eigenvalue weighted by Gasteiger charge is -2.37. The molecular formula is C28H33N6O3S2+. The highest BCUT2D eigenvalue weighted by molar-refractivity contribution is 8.00. The average Bonchev–Trinajstić information content (AvgIpc) is 3.57. The number of hydrogen-bond donors (Lipinski definition) is 4. The van der Waals surface area contributed by atoms with Gasteiger partial charge in [-0.05, 0) is 49.8 Å². The fourth-order valence-corrected chi connectivity index (χ4v) is 7.64. The molecule has 1 aromatic heterocycles. The number of nitrogens with one attached hydrogen (secondary N) is 2. The van der Waals surface area contributed by atoms with Crippen molar-refractivity contribution in [2.45, 2.75) is 49.6 Å². The summed E-state index contributed by atoms with van der Waals surface area (Å²) in [5, 5.41) is 3.33. The van der Waals surface area contributed by atoms with Crippen molar-refractivity contribution in [3.63, 3.8) is 0 Å². The Balaban J connectivity index is 1.31. The van der Waals surface area contributed by atoms with Crippen molar-refractivity contribution in [1.82, 2.24) is 15.2 Å². The maximum Gasteiger partial charge on any atom is 0.338 e. The first-order valence-corrected chi connectivity index (χ1v) is 15.1. The van der Waals surface area contributed by atoms with Crippen LogP contribution in [-0.4, -0.2) is 63.2 Å². The third kappa shape index (κ3) is 6.25. The Morgan fingerprint density at radius 1 is 1.10 bits per heavy atom. The molecule has 0 radical (unpaired) electrons. The van der Waals surface area contributed by atoms with Gasteiger partial charge >= 0.3 is 5.96 Å². The van der Waals surface area contributed by atoms with E-state index in [4.69, 9.17) is 11.5 Å². The topological polar surface area (TPSA) is 145 Å². The van der Waals surface area contributed by atoms with Crippen molar-refractivity contribution in [2.24, 2.45) is 17.4 Å². The van der Waals surface area contributed by atoms with Gasteiger partial charge in [-0.2, -0.15) is 0 Å². The van der Waals surface area contributed by atoms with Gasteiger partial charge in [-0.15, -0.1) is 23.1 Å². The number of aromatic nitrogens is 1. The minimum absolute atomic E-state index is 0.00838. The monoisotopic (exact) mass is 565 g/mol. The summed E-state index contributed by atoms with van der Waals surface area (Å²) in [5.41, 5.74) is 12.9. The molecule has 0 saturated carbocycles. The van der Waals surface area contributed by atoms with Crippen molar-refractivity contribution in [3.05, 3.63) is 65.2 Å². The van der Waals surface area contributed by atoms with Crippen molar-refractivity contribution >= 4 is 56.9 Å². The summed E-state index contributed by atoms with van der Waals surface area (Å²) in [6, 6.07) is 16.2. The molecule has 204 valence electrons. The van der Waals surface area contributed by atoms with Crippen LogP contribution in [0.25, 0.3) is 10.2 Å². The first-order valence-electron chi connectivity index (χ1n) is 13.2. The molecule has 5 rings (SSSR count). The van der Waals surface area contributed by atoms with Crippen molar-refractivity contribution in [2.75, 3.05) is 12.3 Å². The summed E-state index contributed by atoms with van der Waals surface area (Å²) in [6.45, 7) is 0.467. The number of nitrogens with zero attached hydrogens (tertiary/aromatic N) is 2. The van der Waals surface area contributed by atoms with Crippen molar-refractivity contribution < 1.29 is 19.4 Å². The molecule has 2 fully saturated rings. The van der Waals surface area contributed by atoms with Gasteiger partial charge in [-0.25, -0.2) is 4.98 Å². The zero-order valence-electron chi connectivity index (χ0n) is 21.5. The molecule has 3 aromatic rings. The molecular weight excluding hydrogens is 532 g/mol. The number of thioether (sulfide) groups is 1. The number of para-hydroxylation sites is 1. The van der Waals surface area contributed by atoms with Crippen LogP contribution in [-0.2, 0) is 16.0 Å². The van der Waals surface area contributed by atoms with Crippen LogP contribution in [0.5, 0.6) is 0 Å². The Kier molecular flexibility index (Phi) is 8.47. The number of carbonyl (C=O) groups is 3. The molecule has 2 saturated heterocycles. The van der Waals surface area contributed by atoms with Gasteiger partial charge in [0, 0.05) is 11.7 Å². The van der Waals surface area contributed by atoms with E-state index < -0.39 is 12.1 Å². The van der Waals surface area contributed by atoms with Crippen molar-refractivity contribution in [3.8, 4) is 0 Å². The Labute approximate surface area is 235 Å². The number of fused-ring (bicyclic) bond motifs is 2. The van der Waals surface area contributed by atoms with E-state index in [0.717, 1.165) is 28.6 Å². The van der Waals surface area contributed by atoms with E-state index in [1.165, 1.54) is 11.3 Å². The number of ketones is 1. The zero-order chi connectivity index (χ0) is 27.4. The minimum atomic E-state index is -0.775. The molecule has 2 aliphatic rings. The van der Waals surface area contributed by atoms with E-state index in [2.05, 4.69) is 15.3 Å². The van der Waals surface area contributed by atoms with E-state index in [0.29, 0.717) is 36.6 Å². The summed E-state index contributed by atoms with van der Waals surface area (Å²) in [4.78, 5) is 49.9. The number of thiazole rings is 1. The van der Waals surface area contributed by atoms with Gasteiger partial charge in [0.15, 0.2) is 5.01 Å². The van der Waals surface area contributed by atoms with Crippen molar-refractivity contribution in [1.29, 1.82) is 0 Å². The summed E-state index contributed by atoms with van der Waals surface area (Å²) in [7, 11) is 0. The first-order chi connectivity index (χ1) is 18.9. The molecule has 39 heavy (non-hydrogen) atoms. The Bertz CT molecular complexity index is 1340. The first kappa shape index (κ1) is 27.1. The zero-order valence-corrected chi connectivity index (χ0v) is 23.2. The second kappa shape index (κ2) is 12.2. The van der Waals surface area contributed by atoms with Gasteiger partial charge in [0.25, 0.3) is 0 Å². The predicted octanol–water partition coefficient (Wildman–Crippen LogP) is 1.02. The molecule has 1 unspecified atom stereocenters. The number of piperidine rings is 1. The predicted molar refractivity (Wildman–Crippen MR) is 154 cm³/mol. The molecule has 3 heterocycles. The van der Waals surface area contributed by atoms with Crippen LogP contribution in [0.2, 0.25) is 0 Å². The smallest absolute Gasteiger partial charge is 0.338 e. The molecule has 0 aliphatic carbocycles. The van der Waals surface area contributed by atoms with Gasteiger partial charge in [0.1, 0.15) is 6.04 Å². The van der Waals surface area contributed by atoms with Gasteiger partial charge in [0.05, 0.1) is 28.2 Å². The van der Waals surface area contributed by atoms with E-state index in [1.807, 2.05) is 54.6 Å². The quantitative estimate of drug-likeness (QED) is 0.124. The van der Waals surface area contributed by atoms with Gasteiger partial charge < -0.3 is 10.2 Å². The number of carbonyl (C=O) groups excluding carboxylic acids is 3. The lowest BCUT2D eigenvalue weighted by atomic mass is 9.89. The van der Waals surface area contributed by atoms with Gasteiger partial charge in [0.2, 0.25) is 17.6 Å². The highest BCUT2D eigenvalue weighted by Crippen LogP contribution is 2.39. The van der Waals surface area contributed by atoms with Gasteiger partial charge in [-0.1, -0.05) is 42.5 Å². The van der Waals surface area contributed by atoms with Crippen LogP contribution < -0.4 is 21.8 Å². The molecule has 4 atom stereocenters. The summed E-state index contributed by atoms with van der Waals surface area (Å²) < 4.78 is 0.913. The number of amides is 2. The molecule has 6 N–H and O–H groups in total. The molecule has 2 amide bonds. The van der Waals surface area contributed by atoms with Crippen LogP contribution in [0, 0.1) is 5.92 Å². The Morgan fingerprint density at radius 3 is 2.64 bits per heavy atom. The number of nitrogens with two attached hydrogens (primary N) is 2. The Morgan fingerprint density at radius 2 is 1.87 bits per heavy atom. The number of Topliss-reactive ketones (excluding diaryl/α,β-unsaturated/α-hetero) is 1. The number of hydrogen-bond acceptors (Lipinski definition) is 6. The summed E-state index contributed by atoms with van der Waals surface area (Å²) in [5.74, 6) is -0.0349. The summed E-state index contributed by atoms with van der Waals surface area (Å²) in [6.07, 6.45) is 3.27. The molecule has 9 nitrogen and oxygen atoms in total. The van der Waals surface area contributed by atoms with E-state index in [9.17, 15) is 14.4 Å². The second-order valence-electron chi connectivity index (χ2n) is 9.95. The second-order valence-corrected chi connectivity index (χ2v) is 12.2. The average molecular weight is 566 g/mol. The maximum atomic E-state index is 13.6. The molecule has 0 bridgehead atoms. The normalized spacial score (nSPS) is 21.4. The van der Waals surface area contributed by atoms with Crippen LogP contribution in [0.3, 0.4) is 0 Å². The third-order valence-electron chi connectivity index (χ3n) is 7.22. The van der Waals surface area contributed by atoms with Crippen LogP contribution >= 0.6 is 23.1 Å². The fraction of sp³-hybridized carbons (Fsp3) is 0.393. The summed E-state index contributed by atoms with van der Waals surface area (Å²) >= 11 is 2.96. The molecule has 2 aromatic carbocycles. The highest BCUT2D eigenvalue weighted by atomic mass is 32.2. The third-order valence-corrected chi connectivity index (χ3v) is 9.63. The molecule has 0 spiro atoms. The largest absolute Gasteiger partial charge is 0.344 e. The van der Waals surface area contributed by atoms with Crippen LogP contribution in [0.4, 0.5) is 0 Å². The fourth-order valence-electron chi connectivity index (χ4n) is 5.25. The van der Waals surface area contributed by atoms with Gasteiger partial charge in [-0.3, -0.25) is 30.8 Å². The minimum Gasteiger partial charge on any atom is -0.344 e. The highest BCUT2D eigenvalue weighted by Gasteiger charge is 2.47.